The van der Waals surface area contributed by atoms with Crippen LogP contribution in [-0.4, -0.2) is 25.2 Å². The Kier molecular flexibility index (Phi) is 3.43. The average molecular weight is 345 g/mol. The monoisotopic (exact) mass is 344 g/mol. The van der Waals surface area contributed by atoms with Crippen LogP contribution in [-0.2, 0) is 0 Å². The van der Waals surface area contributed by atoms with E-state index in [9.17, 15) is 0 Å². The second-order valence-corrected chi connectivity index (χ2v) is 7.43. The summed E-state index contributed by atoms with van der Waals surface area (Å²) < 4.78 is 1.15. The van der Waals surface area contributed by atoms with E-state index in [1.165, 1.54) is 42.1 Å². The summed E-state index contributed by atoms with van der Waals surface area (Å²) in [5, 5.41) is 6.42. The minimum absolute atomic E-state index is 0.382. The maximum Gasteiger partial charge on any atom is 0.0373 e. The molecule has 1 heterocycles. The first-order valence-corrected chi connectivity index (χ1v) is 8.73. The molecule has 1 aliphatic heterocycles. The lowest BCUT2D eigenvalue weighted by Crippen LogP contribution is -2.59. The summed E-state index contributed by atoms with van der Waals surface area (Å²) in [5.74, 6) is 0. The Balaban J connectivity index is 1.64. The Morgan fingerprint density at radius 2 is 1.76 bits per heavy atom. The van der Waals surface area contributed by atoms with Crippen molar-refractivity contribution < 1.29 is 0 Å². The zero-order valence-electron chi connectivity index (χ0n) is 12.2. The third kappa shape index (κ3) is 2.58. The molecule has 21 heavy (non-hydrogen) atoms. The number of nitrogens with zero attached hydrogens (tertiary/aromatic N) is 1. The molecule has 2 aromatic carbocycles. The van der Waals surface area contributed by atoms with E-state index in [0.717, 1.165) is 24.1 Å². The van der Waals surface area contributed by atoms with E-state index in [2.05, 4.69) is 62.5 Å². The van der Waals surface area contributed by atoms with Crippen molar-refractivity contribution in [2.45, 2.75) is 31.2 Å². The quantitative estimate of drug-likeness (QED) is 0.828. The van der Waals surface area contributed by atoms with Gasteiger partial charge in [-0.05, 0) is 47.9 Å². The molecule has 2 nitrogen and oxygen atoms in total. The number of anilines is 1. The first kappa shape index (κ1) is 13.6. The van der Waals surface area contributed by atoms with Crippen molar-refractivity contribution in [2.24, 2.45) is 0 Å². The van der Waals surface area contributed by atoms with Crippen LogP contribution in [0.3, 0.4) is 0 Å². The standard InChI is InChI=1S/C18H21BrN2/c19-16-5-3-15-12-17(6-4-14(15)11-16)21-10-9-20-18(13-21)7-1-2-8-18/h3-6,11-12,20H,1-2,7-10,13H2. The Morgan fingerprint density at radius 3 is 2.62 bits per heavy atom. The molecule has 1 aliphatic carbocycles. The molecule has 4 rings (SSSR count). The van der Waals surface area contributed by atoms with Gasteiger partial charge in [0.25, 0.3) is 0 Å². The predicted molar refractivity (Wildman–Crippen MR) is 93.1 cm³/mol. The topological polar surface area (TPSA) is 15.3 Å². The predicted octanol–water partition coefficient (Wildman–Crippen LogP) is 4.32. The van der Waals surface area contributed by atoms with Gasteiger partial charge in [-0.15, -0.1) is 0 Å². The molecular formula is C18H21BrN2. The largest absolute Gasteiger partial charge is 0.368 e. The van der Waals surface area contributed by atoms with Crippen molar-refractivity contribution >= 4 is 32.4 Å². The van der Waals surface area contributed by atoms with Crippen LogP contribution in [0, 0.1) is 0 Å². The fraction of sp³-hybridized carbons (Fsp3) is 0.444. The summed E-state index contributed by atoms with van der Waals surface area (Å²) in [4.78, 5) is 2.57. The minimum Gasteiger partial charge on any atom is -0.368 e. The number of rotatable bonds is 1. The Bertz CT molecular complexity index is 661. The maximum atomic E-state index is 3.79. The molecule has 2 aromatic rings. The summed E-state index contributed by atoms with van der Waals surface area (Å²) >= 11 is 3.55. The van der Waals surface area contributed by atoms with Gasteiger partial charge in [-0.25, -0.2) is 0 Å². The zero-order chi connectivity index (χ0) is 14.3. The van der Waals surface area contributed by atoms with Gasteiger partial charge < -0.3 is 10.2 Å². The van der Waals surface area contributed by atoms with E-state index in [1.807, 2.05) is 0 Å². The van der Waals surface area contributed by atoms with E-state index in [4.69, 9.17) is 0 Å². The van der Waals surface area contributed by atoms with Crippen molar-refractivity contribution in [3.05, 3.63) is 40.9 Å². The molecule has 1 saturated heterocycles. The smallest absolute Gasteiger partial charge is 0.0373 e. The van der Waals surface area contributed by atoms with Gasteiger partial charge in [-0.3, -0.25) is 0 Å². The van der Waals surface area contributed by atoms with Crippen LogP contribution in [0.2, 0.25) is 0 Å². The first-order chi connectivity index (χ1) is 10.2. The second kappa shape index (κ2) is 5.29. The summed E-state index contributed by atoms with van der Waals surface area (Å²) in [7, 11) is 0. The van der Waals surface area contributed by atoms with Gasteiger partial charge in [0.05, 0.1) is 0 Å². The van der Waals surface area contributed by atoms with Crippen LogP contribution < -0.4 is 10.2 Å². The summed E-state index contributed by atoms with van der Waals surface area (Å²) in [6.07, 6.45) is 5.44. The van der Waals surface area contributed by atoms with Crippen molar-refractivity contribution in [2.75, 3.05) is 24.5 Å². The molecule has 3 heteroatoms. The van der Waals surface area contributed by atoms with Gasteiger partial charge in [-0.1, -0.05) is 40.9 Å². The van der Waals surface area contributed by atoms with E-state index in [0.29, 0.717) is 5.54 Å². The molecule has 0 aromatic heterocycles. The van der Waals surface area contributed by atoms with Gasteiger partial charge in [-0.2, -0.15) is 0 Å². The lowest BCUT2D eigenvalue weighted by atomic mass is 9.94. The van der Waals surface area contributed by atoms with Crippen molar-refractivity contribution in [1.82, 2.24) is 5.32 Å². The molecule has 0 atom stereocenters. The lowest BCUT2D eigenvalue weighted by molar-refractivity contribution is 0.304. The molecule has 0 amide bonds. The van der Waals surface area contributed by atoms with Crippen LogP contribution in [0.5, 0.6) is 0 Å². The number of benzene rings is 2. The highest BCUT2D eigenvalue weighted by Crippen LogP contribution is 2.34. The number of hydrogen-bond donors (Lipinski definition) is 1. The fourth-order valence-corrected chi connectivity index (χ4v) is 4.34. The van der Waals surface area contributed by atoms with Gasteiger partial charge in [0.15, 0.2) is 0 Å². The van der Waals surface area contributed by atoms with E-state index in [-0.39, 0.29) is 0 Å². The summed E-state index contributed by atoms with van der Waals surface area (Å²) in [6, 6.07) is 13.4. The Labute approximate surface area is 134 Å². The normalized spacial score (nSPS) is 21.3. The van der Waals surface area contributed by atoms with E-state index in [1.54, 1.807) is 0 Å². The Morgan fingerprint density at radius 1 is 1.00 bits per heavy atom. The Hall–Kier alpha value is -1.06. The molecule has 0 radical (unpaired) electrons. The van der Waals surface area contributed by atoms with Gasteiger partial charge >= 0.3 is 0 Å². The number of hydrogen-bond acceptors (Lipinski definition) is 2. The summed E-state index contributed by atoms with van der Waals surface area (Å²) in [5.41, 5.74) is 1.75. The molecule has 0 unspecified atom stereocenters. The number of piperazine rings is 1. The highest BCUT2D eigenvalue weighted by Gasteiger charge is 2.37. The maximum absolute atomic E-state index is 3.79. The van der Waals surface area contributed by atoms with Crippen LogP contribution in [0.4, 0.5) is 5.69 Å². The third-order valence-electron chi connectivity index (χ3n) is 5.09. The molecule has 2 fully saturated rings. The molecule has 110 valence electrons. The first-order valence-electron chi connectivity index (χ1n) is 7.94. The number of nitrogens with one attached hydrogen (secondary N) is 1. The SMILES string of the molecule is Brc1ccc2cc(N3CCNC4(CCCC4)C3)ccc2c1. The molecule has 1 saturated carbocycles. The third-order valence-corrected chi connectivity index (χ3v) is 5.58. The van der Waals surface area contributed by atoms with Crippen LogP contribution in [0.15, 0.2) is 40.9 Å². The average Bonchev–Trinajstić information content (AvgIpc) is 2.94. The molecular weight excluding hydrogens is 324 g/mol. The number of fused-ring (bicyclic) bond motifs is 1. The molecule has 1 spiro atoms. The van der Waals surface area contributed by atoms with E-state index >= 15 is 0 Å². The molecule has 0 bridgehead atoms. The van der Waals surface area contributed by atoms with Crippen LogP contribution in [0.1, 0.15) is 25.7 Å². The minimum atomic E-state index is 0.382. The number of halogens is 1. The fourth-order valence-electron chi connectivity index (χ4n) is 3.96. The van der Waals surface area contributed by atoms with Crippen molar-refractivity contribution in [1.29, 1.82) is 0 Å². The van der Waals surface area contributed by atoms with Crippen molar-refractivity contribution in [3.8, 4) is 0 Å². The van der Waals surface area contributed by atoms with Gasteiger partial charge in [0, 0.05) is 35.3 Å². The highest BCUT2D eigenvalue weighted by molar-refractivity contribution is 9.10. The van der Waals surface area contributed by atoms with Crippen molar-refractivity contribution in [3.63, 3.8) is 0 Å². The molecule has 1 N–H and O–H groups in total. The second-order valence-electron chi connectivity index (χ2n) is 6.51. The zero-order valence-corrected chi connectivity index (χ0v) is 13.8. The van der Waals surface area contributed by atoms with Gasteiger partial charge in [0.2, 0.25) is 0 Å². The lowest BCUT2D eigenvalue weighted by Gasteiger charge is -2.42. The van der Waals surface area contributed by atoms with Crippen LogP contribution in [0.25, 0.3) is 10.8 Å². The van der Waals surface area contributed by atoms with E-state index < -0.39 is 0 Å². The van der Waals surface area contributed by atoms with Gasteiger partial charge in [0.1, 0.15) is 0 Å². The molecule has 2 aliphatic rings. The highest BCUT2D eigenvalue weighted by atomic mass is 79.9. The summed E-state index contributed by atoms with van der Waals surface area (Å²) in [6.45, 7) is 3.39. The van der Waals surface area contributed by atoms with Crippen LogP contribution >= 0.6 is 15.9 Å².